The zero-order valence-corrected chi connectivity index (χ0v) is 16.0. The van der Waals surface area contributed by atoms with E-state index in [9.17, 15) is 14.9 Å². The lowest BCUT2D eigenvalue weighted by molar-refractivity contribution is -0.384. The van der Waals surface area contributed by atoms with E-state index in [1.54, 1.807) is 12.1 Å². The van der Waals surface area contributed by atoms with Gasteiger partial charge in [-0.05, 0) is 59.9 Å². The quantitative estimate of drug-likeness (QED) is 0.396. The highest BCUT2D eigenvalue weighted by Crippen LogP contribution is 2.47. The molecule has 2 atom stereocenters. The largest absolute Gasteiger partial charge is 0.481 e. The maximum Gasteiger partial charge on any atom is 0.307 e. The van der Waals surface area contributed by atoms with Crippen molar-refractivity contribution >= 4 is 17.3 Å². The molecule has 2 N–H and O–H groups in total. The number of nitrogens with zero attached hydrogens (tertiary/aromatic N) is 1. The van der Waals surface area contributed by atoms with Gasteiger partial charge < -0.3 is 15.2 Å². The molecule has 1 saturated carbocycles. The molecule has 152 valence electrons. The van der Waals surface area contributed by atoms with Crippen LogP contribution in [0.5, 0.6) is 11.5 Å². The number of non-ortho nitro benzene ring substituents is 1. The molecule has 4 rings (SSSR count). The molecular formula is C23H20N2O5. The van der Waals surface area contributed by atoms with Gasteiger partial charge in [0.1, 0.15) is 11.5 Å². The lowest BCUT2D eigenvalue weighted by Crippen LogP contribution is -2.00. The number of anilines is 1. The van der Waals surface area contributed by atoms with Crippen molar-refractivity contribution < 1.29 is 19.6 Å². The molecule has 3 aromatic rings. The predicted molar refractivity (Wildman–Crippen MR) is 112 cm³/mol. The van der Waals surface area contributed by atoms with Gasteiger partial charge in [-0.3, -0.25) is 14.9 Å². The number of aliphatic carboxylic acids is 1. The third-order valence-electron chi connectivity index (χ3n) is 5.12. The first-order valence-electron chi connectivity index (χ1n) is 9.57. The minimum atomic E-state index is -0.724. The van der Waals surface area contributed by atoms with E-state index in [2.05, 4.69) is 5.32 Å². The Labute approximate surface area is 173 Å². The third kappa shape index (κ3) is 4.57. The SMILES string of the molecule is O=C(O)[C@H]1C[C@@H]1c1ccc(NCc2cccc(Oc3ccc([N+](=O)[O-])cc3)c2)cc1. The molecule has 0 heterocycles. The van der Waals surface area contributed by atoms with Gasteiger partial charge in [0.2, 0.25) is 0 Å². The van der Waals surface area contributed by atoms with E-state index in [4.69, 9.17) is 9.84 Å². The zero-order valence-electron chi connectivity index (χ0n) is 16.0. The Balaban J connectivity index is 1.34. The van der Waals surface area contributed by atoms with Crippen LogP contribution >= 0.6 is 0 Å². The number of carboxylic acids is 1. The van der Waals surface area contributed by atoms with Crippen molar-refractivity contribution in [2.45, 2.75) is 18.9 Å². The van der Waals surface area contributed by atoms with E-state index >= 15 is 0 Å². The number of nitrogens with one attached hydrogen (secondary N) is 1. The maximum atomic E-state index is 11.0. The zero-order chi connectivity index (χ0) is 21.1. The van der Waals surface area contributed by atoms with Crippen LogP contribution in [0.25, 0.3) is 0 Å². The Kier molecular flexibility index (Phi) is 5.34. The van der Waals surface area contributed by atoms with E-state index < -0.39 is 10.9 Å². The average Bonchev–Trinajstić information content (AvgIpc) is 3.55. The van der Waals surface area contributed by atoms with E-state index in [-0.39, 0.29) is 17.5 Å². The number of carbonyl (C=O) groups is 1. The van der Waals surface area contributed by atoms with E-state index in [0.29, 0.717) is 24.5 Å². The van der Waals surface area contributed by atoms with E-state index in [1.807, 2.05) is 48.5 Å². The number of nitro groups is 1. The smallest absolute Gasteiger partial charge is 0.307 e. The molecule has 1 fully saturated rings. The number of hydrogen-bond acceptors (Lipinski definition) is 5. The first kappa shape index (κ1) is 19.4. The van der Waals surface area contributed by atoms with Crippen molar-refractivity contribution in [3.05, 3.63) is 94.0 Å². The van der Waals surface area contributed by atoms with Crippen LogP contribution in [0, 0.1) is 16.0 Å². The van der Waals surface area contributed by atoms with Gasteiger partial charge in [-0.2, -0.15) is 0 Å². The molecule has 0 bridgehead atoms. The monoisotopic (exact) mass is 404 g/mol. The minimum Gasteiger partial charge on any atom is -0.481 e. The summed E-state index contributed by atoms with van der Waals surface area (Å²) in [5, 5.41) is 23.1. The third-order valence-corrected chi connectivity index (χ3v) is 5.12. The number of nitro benzene ring substituents is 1. The van der Waals surface area contributed by atoms with Crippen molar-refractivity contribution in [3.8, 4) is 11.5 Å². The summed E-state index contributed by atoms with van der Waals surface area (Å²) in [6.07, 6.45) is 0.712. The first-order chi connectivity index (χ1) is 14.5. The normalized spacial score (nSPS) is 17.2. The van der Waals surface area contributed by atoms with Gasteiger partial charge in [0, 0.05) is 24.4 Å². The van der Waals surface area contributed by atoms with Crippen LogP contribution in [0.3, 0.4) is 0 Å². The van der Waals surface area contributed by atoms with Crippen molar-refractivity contribution in [2.75, 3.05) is 5.32 Å². The van der Waals surface area contributed by atoms with Crippen molar-refractivity contribution in [1.29, 1.82) is 0 Å². The first-order valence-corrected chi connectivity index (χ1v) is 9.57. The lowest BCUT2D eigenvalue weighted by atomic mass is 10.1. The van der Waals surface area contributed by atoms with Crippen molar-refractivity contribution in [3.63, 3.8) is 0 Å². The second-order valence-corrected chi connectivity index (χ2v) is 7.26. The molecule has 0 radical (unpaired) electrons. The fourth-order valence-electron chi connectivity index (χ4n) is 3.38. The van der Waals surface area contributed by atoms with Crippen LogP contribution in [0.1, 0.15) is 23.5 Å². The number of hydrogen-bond donors (Lipinski definition) is 2. The van der Waals surface area contributed by atoms with Gasteiger partial charge in [0.25, 0.3) is 5.69 Å². The Morgan fingerprint density at radius 3 is 2.43 bits per heavy atom. The average molecular weight is 404 g/mol. The van der Waals surface area contributed by atoms with Gasteiger partial charge in [-0.25, -0.2) is 0 Å². The molecule has 1 aliphatic carbocycles. The minimum absolute atomic E-state index is 0.0199. The molecule has 0 unspecified atom stereocenters. The fourth-order valence-corrected chi connectivity index (χ4v) is 3.38. The summed E-state index contributed by atoms with van der Waals surface area (Å²) in [7, 11) is 0. The molecule has 0 aromatic heterocycles. The second-order valence-electron chi connectivity index (χ2n) is 7.26. The summed E-state index contributed by atoms with van der Waals surface area (Å²) in [5.74, 6) is 0.332. The van der Waals surface area contributed by atoms with E-state index in [0.717, 1.165) is 16.8 Å². The maximum absolute atomic E-state index is 11.0. The molecular weight excluding hydrogens is 384 g/mol. The lowest BCUT2D eigenvalue weighted by Gasteiger charge is -2.10. The Bertz CT molecular complexity index is 1060. The van der Waals surface area contributed by atoms with Crippen molar-refractivity contribution in [1.82, 2.24) is 0 Å². The topological polar surface area (TPSA) is 102 Å². The van der Waals surface area contributed by atoms with Gasteiger partial charge >= 0.3 is 5.97 Å². The molecule has 1 aliphatic rings. The number of ether oxygens (including phenoxy) is 1. The summed E-state index contributed by atoms with van der Waals surface area (Å²) < 4.78 is 5.79. The number of rotatable bonds is 8. The second kappa shape index (κ2) is 8.24. The van der Waals surface area contributed by atoms with Crippen LogP contribution in [0.4, 0.5) is 11.4 Å². The summed E-state index contributed by atoms with van der Waals surface area (Å²) in [6.45, 7) is 0.595. The summed E-state index contributed by atoms with van der Waals surface area (Å²) >= 11 is 0. The highest BCUT2D eigenvalue weighted by atomic mass is 16.6. The Hall–Kier alpha value is -3.87. The van der Waals surface area contributed by atoms with Gasteiger partial charge in [0.15, 0.2) is 0 Å². The Morgan fingerprint density at radius 1 is 1.07 bits per heavy atom. The van der Waals surface area contributed by atoms with Gasteiger partial charge in [-0.15, -0.1) is 0 Å². The van der Waals surface area contributed by atoms with Crippen LogP contribution in [-0.2, 0) is 11.3 Å². The molecule has 30 heavy (non-hydrogen) atoms. The molecule has 0 aliphatic heterocycles. The predicted octanol–water partition coefficient (Wildman–Crippen LogP) is 5.19. The highest BCUT2D eigenvalue weighted by Gasteiger charge is 2.43. The molecule has 7 nitrogen and oxygen atoms in total. The van der Waals surface area contributed by atoms with Crippen LogP contribution in [-0.4, -0.2) is 16.0 Å². The molecule has 0 saturated heterocycles. The van der Waals surface area contributed by atoms with E-state index in [1.165, 1.54) is 12.1 Å². The van der Waals surface area contributed by atoms with Crippen LogP contribution in [0.15, 0.2) is 72.8 Å². The Morgan fingerprint density at radius 2 is 1.80 bits per heavy atom. The van der Waals surface area contributed by atoms with Crippen LogP contribution in [0.2, 0.25) is 0 Å². The fraction of sp³-hybridized carbons (Fsp3) is 0.174. The molecule has 0 spiro atoms. The summed E-state index contributed by atoms with van der Waals surface area (Å²) in [4.78, 5) is 21.3. The molecule has 0 amide bonds. The molecule has 3 aromatic carbocycles. The highest BCUT2D eigenvalue weighted by molar-refractivity contribution is 5.75. The number of benzene rings is 3. The number of carboxylic acid groups (broad SMARTS) is 1. The summed E-state index contributed by atoms with van der Waals surface area (Å²) in [5.41, 5.74) is 3.05. The molecule has 7 heteroatoms. The summed E-state index contributed by atoms with van der Waals surface area (Å²) in [6, 6.07) is 21.4. The van der Waals surface area contributed by atoms with Gasteiger partial charge in [-0.1, -0.05) is 24.3 Å². The van der Waals surface area contributed by atoms with Gasteiger partial charge in [0.05, 0.1) is 10.8 Å². The van der Waals surface area contributed by atoms with Crippen molar-refractivity contribution in [2.24, 2.45) is 5.92 Å². The van der Waals surface area contributed by atoms with Crippen LogP contribution < -0.4 is 10.1 Å². The standard InChI is InChI=1S/C23H20N2O5/c26-23(27)22-13-21(22)16-4-6-17(7-5-16)24-14-15-2-1-3-20(12-15)30-19-10-8-18(9-11-19)25(28)29/h1-12,21-22,24H,13-14H2,(H,26,27)/t21-,22+/m1/s1.